The number of benzene rings is 1. The molecule has 0 bridgehead atoms. The molecule has 0 saturated carbocycles. The number of carbonyl (C=O) groups is 1. The summed E-state index contributed by atoms with van der Waals surface area (Å²) in [4.78, 5) is 14.5. The molecule has 0 unspecified atom stereocenters. The van der Waals surface area contributed by atoms with E-state index in [-0.39, 0.29) is 5.91 Å². The summed E-state index contributed by atoms with van der Waals surface area (Å²) in [5.41, 5.74) is 1.86. The molecule has 1 aromatic carbocycles. The fourth-order valence-electron chi connectivity index (χ4n) is 3.70. The lowest BCUT2D eigenvalue weighted by Crippen LogP contribution is -3.14. The Morgan fingerprint density at radius 1 is 1.19 bits per heavy atom. The zero-order chi connectivity index (χ0) is 21.6. The van der Waals surface area contributed by atoms with Crippen molar-refractivity contribution < 1.29 is 23.6 Å². The van der Waals surface area contributed by atoms with Gasteiger partial charge in [-0.1, -0.05) is 0 Å². The van der Waals surface area contributed by atoms with Gasteiger partial charge >= 0.3 is 0 Å². The standard InChI is InChI=1S/C23H28N4O4/c1-17-4-9-22(31-17)20-16-21(27(25-20)18-5-7-19(29-2)8-6-18)23(28)24-10-3-11-26-12-14-30-15-13-26/h4-9,16H,3,10-15H2,1-2H3,(H,24,28)/p+1. The van der Waals surface area contributed by atoms with Crippen molar-refractivity contribution in [3.63, 3.8) is 0 Å². The first-order valence-corrected chi connectivity index (χ1v) is 10.6. The van der Waals surface area contributed by atoms with Crippen LogP contribution in [0.1, 0.15) is 22.7 Å². The Bertz CT molecular complexity index is 1000. The molecule has 1 aliphatic heterocycles. The molecule has 0 radical (unpaired) electrons. The highest BCUT2D eigenvalue weighted by Gasteiger charge is 2.19. The van der Waals surface area contributed by atoms with Crippen molar-refractivity contribution in [2.45, 2.75) is 13.3 Å². The van der Waals surface area contributed by atoms with Gasteiger partial charge in [0.05, 0.1) is 32.6 Å². The summed E-state index contributed by atoms with van der Waals surface area (Å²) >= 11 is 0. The highest BCUT2D eigenvalue weighted by atomic mass is 16.5. The third kappa shape index (κ3) is 5.15. The first-order chi connectivity index (χ1) is 15.1. The number of nitrogens with zero attached hydrogens (tertiary/aromatic N) is 2. The van der Waals surface area contributed by atoms with Crippen LogP contribution in [0.4, 0.5) is 0 Å². The molecule has 31 heavy (non-hydrogen) atoms. The van der Waals surface area contributed by atoms with E-state index in [4.69, 9.17) is 13.9 Å². The van der Waals surface area contributed by atoms with Gasteiger partial charge in [-0.2, -0.15) is 5.10 Å². The molecule has 2 aromatic heterocycles. The molecule has 4 rings (SSSR count). The van der Waals surface area contributed by atoms with E-state index in [0.717, 1.165) is 56.5 Å². The Hall–Kier alpha value is -3.10. The summed E-state index contributed by atoms with van der Waals surface area (Å²) in [6.45, 7) is 7.22. The number of morpholine rings is 1. The van der Waals surface area contributed by atoms with Crippen LogP contribution in [0.2, 0.25) is 0 Å². The van der Waals surface area contributed by atoms with Gasteiger partial charge in [-0.25, -0.2) is 4.68 Å². The molecule has 3 aromatic rings. The molecule has 164 valence electrons. The second-order valence-electron chi connectivity index (χ2n) is 7.66. The van der Waals surface area contributed by atoms with E-state index >= 15 is 0 Å². The van der Waals surface area contributed by atoms with Crippen molar-refractivity contribution in [1.82, 2.24) is 15.1 Å². The van der Waals surface area contributed by atoms with Crippen LogP contribution < -0.4 is 15.0 Å². The monoisotopic (exact) mass is 425 g/mol. The van der Waals surface area contributed by atoms with Crippen LogP contribution in [0.5, 0.6) is 5.75 Å². The summed E-state index contributed by atoms with van der Waals surface area (Å²) < 4.78 is 18.0. The molecule has 8 heteroatoms. The lowest BCUT2D eigenvalue weighted by Gasteiger charge is -2.23. The van der Waals surface area contributed by atoms with Gasteiger partial charge in [0.2, 0.25) is 0 Å². The minimum Gasteiger partial charge on any atom is -0.497 e. The highest BCUT2D eigenvalue weighted by Crippen LogP contribution is 2.24. The molecule has 2 N–H and O–H groups in total. The van der Waals surface area contributed by atoms with Gasteiger partial charge in [0, 0.05) is 19.0 Å². The molecule has 8 nitrogen and oxygen atoms in total. The fraction of sp³-hybridized carbons (Fsp3) is 0.391. The topological polar surface area (TPSA) is 83.0 Å². The van der Waals surface area contributed by atoms with E-state index in [1.807, 2.05) is 43.3 Å². The number of amides is 1. The number of ether oxygens (including phenoxy) is 2. The number of nitrogens with one attached hydrogen (secondary N) is 2. The number of hydrogen-bond donors (Lipinski definition) is 2. The van der Waals surface area contributed by atoms with Crippen LogP contribution in [0.25, 0.3) is 17.1 Å². The smallest absolute Gasteiger partial charge is 0.270 e. The first-order valence-electron chi connectivity index (χ1n) is 10.6. The van der Waals surface area contributed by atoms with Gasteiger partial charge in [-0.3, -0.25) is 4.79 Å². The number of rotatable bonds is 8. The number of aromatic nitrogens is 2. The summed E-state index contributed by atoms with van der Waals surface area (Å²) in [6, 6.07) is 13.0. The van der Waals surface area contributed by atoms with Crippen LogP contribution in [0.15, 0.2) is 46.9 Å². The van der Waals surface area contributed by atoms with Gasteiger partial charge < -0.3 is 24.1 Å². The van der Waals surface area contributed by atoms with E-state index in [2.05, 4.69) is 10.4 Å². The van der Waals surface area contributed by atoms with Crippen molar-refractivity contribution in [2.24, 2.45) is 0 Å². The molecule has 1 amide bonds. The molecule has 1 aliphatic rings. The van der Waals surface area contributed by atoms with Crippen molar-refractivity contribution in [3.05, 3.63) is 53.9 Å². The highest BCUT2D eigenvalue weighted by molar-refractivity contribution is 5.94. The Balaban J connectivity index is 1.49. The minimum absolute atomic E-state index is 0.158. The largest absolute Gasteiger partial charge is 0.497 e. The lowest BCUT2D eigenvalue weighted by atomic mass is 10.2. The summed E-state index contributed by atoms with van der Waals surface area (Å²) in [5, 5.41) is 7.69. The molecule has 0 atom stereocenters. The van der Waals surface area contributed by atoms with Crippen molar-refractivity contribution >= 4 is 5.91 Å². The molecule has 1 saturated heterocycles. The van der Waals surface area contributed by atoms with Gasteiger partial charge in [-0.15, -0.1) is 0 Å². The minimum atomic E-state index is -0.158. The van der Waals surface area contributed by atoms with Gasteiger partial charge in [-0.05, 0) is 43.3 Å². The Morgan fingerprint density at radius 2 is 1.97 bits per heavy atom. The van der Waals surface area contributed by atoms with Crippen LogP contribution in [-0.4, -0.2) is 62.2 Å². The number of furan rings is 1. The molecule has 0 aliphatic carbocycles. The number of aryl methyl sites for hydroxylation is 1. The lowest BCUT2D eigenvalue weighted by molar-refractivity contribution is -0.908. The average Bonchev–Trinajstić information content (AvgIpc) is 3.44. The zero-order valence-corrected chi connectivity index (χ0v) is 18.0. The molecule has 1 fully saturated rings. The normalized spacial score (nSPS) is 14.5. The van der Waals surface area contributed by atoms with E-state index in [0.29, 0.717) is 23.7 Å². The molecular weight excluding hydrogens is 396 g/mol. The van der Waals surface area contributed by atoms with Crippen molar-refractivity contribution in [3.8, 4) is 22.9 Å². The Kier molecular flexibility index (Phi) is 6.69. The summed E-state index contributed by atoms with van der Waals surface area (Å²) in [6.07, 6.45) is 0.919. The maximum atomic E-state index is 13.0. The van der Waals surface area contributed by atoms with Gasteiger partial charge in [0.25, 0.3) is 5.91 Å². The quantitative estimate of drug-likeness (QED) is 0.535. The maximum Gasteiger partial charge on any atom is 0.270 e. The van der Waals surface area contributed by atoms with Crippen LogP contribution in [-0.2, 0) is 4.74 Å². The maximum absolute atomic E-state index is 13.0. The van der Waals surface area contributed by atoms with Crippen LogP contribution in [0.3, 0.4) is 0 Å². The third-order valence-corrected chi connectivity index (χ3v) is 5.44. The summed E-state index contributed by atoms with van der Waals surface area (Å²) in [7, 11) is 1.62. The van der Waals surface area contributed by atoms with E-state index < -0.39 is 0 Å². The number of carbonyl (C=O) groups excluding carboxylic acids is 1. The zero-order valence-electron chi connectivity index (χ0n) is 18.0. The van der Waals surface area contributed by atoms with E-state index in [1.54, 1.807) is 17.9 Å². The fourth-order valence-corrected chi connectivity index (χ4v) is 3.70. The molecule has 0 spiro atoms. The van der Waals surface area contributed by atoms with E-state index in [1.165, 1.54) is 4.90 Å². The average molecular weight is 426 g/mol. The SMILES string of the molecule is COc1ccc(-n2nc(-c3ccc(C)o3)cc2C(=O)NCCC[NH+]2CCOCC2)cc1. The second-order valence-corrected chi connectivity index (χ2v) is 7.66. The van der Waals surface area contributed by atoms with Gasteiger partial charge in [0.1, 0.15) is 36.0 Å². The Labute approximate surface area is 181 Å². The Morgan fingerprint density at radius 3 is 2.65 bits per heavy atom. The second kappa shape index (κ2) is 9.80. The molecule has 3 heterocycles. The van der Waals surface area contributed by atoms with Crippen molar-refractivity contribution in [2.75, 3.05) is 46.5 Å². The first kappa shape index (κ1) is 21.1. The predicted molar refractivity (Wildman–Crippen MR) is 116 cm³/mol. The molecular formula is C23H29N4O4+. The predicted octanol–water partition coefficient (Wildman–Crippen LogP) is 1.48. The van der Waals surface area contributed by atoms with Gasteiger partial charge in [0.15, 0.2) is 5.76 Å². The number of hydrogen-bond acceptors (Lipinski definition) is 5. The van der Waals surface area contributed by atoms with Crippen LogP contribution in [0, 0.1) is 6.92 Å². The van der Waals surface area contributed by atoms with E-state index in [9.17, 15) is 4.79 Å². The number of quaternary nitrogens is 1. The van der Waals surface area contributed by atoms with Crippen molar-refractivity contribution in [1.29, 1.82) is 0 Å². The van der Waals surface area contributed by atoms with Crippen LogP contribution >= 0.6 is 0 Å². The number of methoxy groups -OCH3 is 1. The summed E-state index contributed by atoms with van der Waals surface area (Å²) in [5.74, 6) is 2.02. The third-order valence-electron chi connectivity index (χ3n) is 5.44.